The molecule has 2 amide bonds. The fourth-order valence-electron chi connectivity index (χ4n) is 3.54. The molecule has 28 heavy (non-hydrogen) atoms. The number of amides is 2. The van der Waals surface area contributed by atoms with E-state index in [4.69, 9.17) is 11.6 Å². The average molecular weight is 399 g/mol. The summed E-state index contributed by atoms with van der Waals surface area (Å²) in [6.45, 7) is 1.42. The highest BCUT2D eigenvalue weighted by molar-refractivity contribution is 6.30. The molecule has 1 heterocycles. The molecule has 0 aliphatic carbocycles. The van der Waals surface area contributed by atoms with Crippen molar-refractivity contribution in [2.24, 2.45) is 0 Å². The second-order valence-electron chi connectivity index (χ2n) is 7.33. The molecule has 1 N–H and O–H groups in total. The van der Waals surface area contributed by atoms with Crippen LogP contribution >= 0.6 is 11.6 Å². The number of carbonyl (C=O) groups is 2. The van der Waals surface area contributed by atoms with Crippen LogP contribution in [0.1, 0.15) is 36.8 Å². The molecule has 0 spiro atoms. The third kappa shape index (κ3) is 6.38. The minimum Gasteiger partial charge on any atom is -0.353 e. The molecule has 148 valence electrons. The summed E-state index contributed by atoms with van der Waals surface area (Å²) in [4.78, 5) is 26.5. The van der Waals surface area contributed by atoms with E-state index >= 15 is 0 Å². The first-order valence-corrected chi connectivity index (χ1v) is 10.3. The summed E-state index contributed by atoms with van der Waals surface area (Å²) in [5.74, 6) is 0.278. The number of hydrogen-bond donors (Lipinski definition) is 1. The SMILES string of the molecule is O=C(CCc1ccccc1)NC1CCN(C(=O)CCc2ccc(Cl)cc2)CC1. The number of nitrogens with one attached hydrogen (secondary N) is 1. The first-order valence-electron chi connectivity index (χ1n) is 9.95. The molecule has 1 aliphatic rings. The molecular weight excluding hydrogens is 372 g/mol. The number of likely N-dealkylation sites (tertiary alicyclic amines) is 1. The molecule has 0 radical (unpaired) electrons. The van der Waals surface area contributed by atoms with Crippen molar-refractivity contribution in [2.75, 3.05) is 13.1 Å². The second-order valence-corrected chi connectivity index (χ2v) is 7.77. The van der Waals surface area contributed by atoms with E-state index in [1.807, 2.05) is 59.5 Å². The number of rotatable bonds is 7. The average Bonchev–Trinajstić information content (AvgIpc) is 2.73. The van der Waals surface area contributed by atoms with Gasteiger partial charge in [-0.05, 0) is 48.9 Å². The summed E-state index contributed by atoms with van der Waals surface area (Å²) in [5.41, 5.74) is 2.30. The van der Waals surface area contributed by atoms with Gasteiger partial charge in [0.2, 0.25) is 11.8 Å². The number of benzene rings is 2. The Labute approximate surface area is 171 Å². The molecule has 1 saturated heterocycles. The van der Waals surface area contributed by atoms with Crippen LogP contribution < -0.4 is 5.32 Å². The van der Waals surface area contributed by atoms with Crippen molar-refractivity contribution in [1.29, 1.82) is 0 Å². The molecule has 4 nitrogen and oxygen atoms in total. The van der Waals surface area contributed by atoms with Gasteiger partial charge in [-0.2, -0.15) is 0 Å². The van der Waals surface area contributed by atoms with E-state index in [0.29, 0.717) is 31.0 Å². The lowest BCUT2D eigenvalue weighted by molar-refractivity contribution is -0.132. The topological polar surface area (TPSA) is 49.4 Å². The van der Waals surface area contributed by atoms with Crippen molar-refractivity contribution < 1.29 is 9.59 Å². The highest BCUT2D eigenvalue weighted by Gasteiger charge is 2.23. The molecular formula is C23H27ClN2O2. The van der Waals surface area contributed by atoms with E-state index in [0.717, 1.165) is 31.2 Å². The molecule has 0 bridgehead atoms. The molecule has 5 heteroatoms. The number of aryl methyl sites for hydroxylation is 2. The summed E-state index contributed by atoms with van der Waals surface area (Å²) >= 11 is 5.89. The summed E-state index contributed by atoms with van der Waals surface area (Å²) in [6, 6.07) is 17.9. The summed E-state index contributed by atoms with van der Waals surface area (Å²) in [5, 5.41) is 3.83. The Balaban J connectivity index is 1.34. The highest BCUT2D eigenvalue weighted by atomic mass is 35.5. The standard InChI is InChI=1S/C23H27ClN2O2/c24-20-10-6-19(7-11-20)9-13-23(28)26-16-14-21(15-17-26)25-22(27)12-8-18-4-2-1-3-5-18/h1-7,10-11,21H,8-9,12-17H2,(H,25,27). The van der Waals surface area contributed by atoms with Crippen LogP contribution in [0.4, 0.5) is 0 Å². The van der Waals surface area contributed by atoms with Gasteiger partial charge in [-0.3, -0.25) is 9.59 Å². The minimum absolute atomic E-state index is 0.0939. The van der Waals surface area contributed by atoms with Gasteiger partial charge in [0, 0.05) is 37.0 Å². The van der Waals surface area contributed by atoms with E-state index in [9.17, 15) is 9.59 Å². The molecule has 2 aromatic rings. The fourth-order valence-corrected chi connectivity index (χ4v) is 3.66. The smallest absolute Gasteiger partial charge is 0.222 e. The Hall–Kier alpha value is -2.33. The Kier molecular flexibility index (Phi) is 7.49. The maximum Gasteiger partial charge on any atom is 0.222 e. The van der Waals surface area contributed by atoms with E-state index in [-0.39, 0.29) is 17.9 Å². The Morgan fingerprint density at radius 2 is 1.50 bits per heavy atom. The third-order valence-corrected chi connectivity index (χ3v) is 5.49. The number of piperidine rings is 1. The van der Waals surface area contributed by atoms with Crippen molar-refractivity contribution in [3.8, 4) is 0 Å². The lowest BCUT2D eigenvalue weighted by Gasteiger charge is -2.32. The van der Waals surface area contributed by atoms with Crippen molar-refractivity contribution in [3.05, 3.63) is 70.7 Å². The zero-order valence-corrected chi connectivity index (χ0v) is 16.8. The van der Waals surface area contributed by atoms with Gasteiger partial charge in [0.1, 0.15) is 0 Å². The Morgan fingerprint density at radius 1 is 0.893 bits per heavy atom. The van der Waals surface area contributed by atoms with Gasteiger partial charge in [0.05, 0.1) is 0 Å². The minimum atomic E-state index is 0.0939. The van der Waals surface area contributed by atoms with Crippen LogP contribution in [0.5, 0.6) is 0 Å². The van der Waals surface area contributed by atoms with Crippen molar-refractivity contribution in [3.63, 3.8) is 0 Å². The lowest BCUT2D eigenvalue weighted by Crippen LogP contribution is -2.46. The van der Waals surface area contributed by atoms with Crippen LogP contribution in [-0.2, 0) is 22.4 Å². The summed E-state index contributed by atoms with van der Waals surface area (Å²) in [6.07, 6.45) is 4.15. The quantitative estimate of drug-likeness (QED) is 0.765. The molecule has 2 aromatic carbocycles. The van der Waals surface area contributed by atoms with Crippen LogP contribution in [0.3, 0.4) is 0 Å². The molecule has 3 rings (SSSR count). The van der Waals surface area contributed by atoms with Gasteiger partial charge >= 0.3 is 0 Å². The fraction of sp³-hybridized carbons (Fsp3) is 0.391. The van der Waals surface area contributed by atoms with E-state index in [1.54, 1.807) is 0 Å². The number of halogens is 1. The van der Waals surface area contributed by atoms with Crippen LogP contribution in [0.15, 0.2) is 54.6 Å². The number of hydrogen-bond acceptors (Lipinski definition) is 2. The lowest BCUT2D eigenvalue weighted by atomic mass is 10.0. The maximum absolute atomic E-state index is 12.4. The van der Waals surface area contributed by atoms with Gasteiger partial charge in [-0.15, -0.1) is 0 Å². The highest BCUT2D eigenvalue weighted by Crippen LogP contribution is 2.15. The number of carbonyl (C=O) groups excluding carboxylic acids is 2. The predicted octanol–water partition coefficient (Wildman–Crippen LogP) is 4.01. The molecule has 0 atom stereocenters. The van der Waals surface area contributed by atoms with Gasteiger partial charge in [-0.1, -0.05) is 54.1 Å². The number of nitrogens with zero attached hydrogens (tertiary/aromatic N) is 1. The Bertz CT molecular complexity index is 769. The molecule has 0 unspecified atom stereocenters. The van der Waals surface area contributed by atoms with Crippen LogP contribution in [0.25, 0.3) is 0 Å². The second kappa shape index (κ2) is 10.3. The largest absolute Gasteiger partial charge is 0.353 e. The molecule has 0 saturated carbocycles. The first-order chi connectivity index (χ1) is 13.6. The van der Waals surface area contributed by atoms with Crippen molar-refractivity contribution in [1.82, 2.24) is 10.2 Å². The van der Waals surface area contributed by atoms with E-state index in [2.05, 4.69) is 5.32 Å². The van der Waals surface area contributed by atoms with Crippen LogP contribution in [-0.4, -0.2) is 35.8 Å². The van der Waals surface area contributed by atoms with Gasteiger partial charge in [-0.25, -0.2) is 0 Å². The van der Waals surface area contributed by atoms with Gasteiger partial charge < -0.3 is 10.2 Å². The third-order valence-electron chi connectivity index (χ3n) is 5.24. The predicted molar refractivity (Wildman–Crippen MR) is 112 cm³/mol. The molecule has 1 fully saturated rings. The van der Waals surface area contributed by atoms with Crippen molar-refractivity contribution in [2.45, 2.75) is 44.6 Å². The van der Waals surface area contributed by atoms with E-state index < -0.39 is 0 Å². The van der Waals surface area contributed by atoms with Crippen LogP contribution in [0, 0.1) is 0 Å². The molecule has 0 aromatic heterocycles. The monoisotopic (exact) mass is 398 g/mol. The zero-order valence-electron chi connectivity index (χ0n) is 16.1. The normalized spacial score (nSPS) is 14.7. The Morgan fingerprint density at radius 3 is 2.18 bits per heavy atom. The van der Waals surface area contributed by atoms with Gasteiger partial charge in [0.15, 0.2) is 0 Å². The summed E-state index contributed by atoms with van der Waals surface area (Å²) < 4.78 is 0. The van der Waals surface area contributed by atoms with Crippen molar-refractivity contribution >= 4 is 23.4 Å². The van der Waals surface area contributed by atoms with E-state index in [1.165, 1.54) is 5.56 Å². The first kappa shape index (κ1) is 20.4. The molecule has 1 aliphatic heterocycles. The van der Waals surface area contributed by atoms with Crippen LogP contribution in [0.2, 0.25) is 5.02 Å². The van der Waals surface area contributed by atoms with Gasteiger partial charge in [0.25, 0.3) is 0 Å². The maximum atomic E-state index is 12.4. The zero-order chi connectivity index (χ0) is 19.8. The summed E-state index contributed by atoms with van der Waals surface area (Å²) in [7, 11) is 0.